The van der Waals surface area contributed by atoms with Crippen molar-refractivity contribution in [2.45, 2.75) is 38.8 Å². The molecule has 0 spiro atoms. The van der Waals surface area contributed by atoms with Gasteiger partial charge in [-0.05, 0) is 38.3 Å². The number of benzene rings is 1. The quantitative estimate of drug-likeness (QED) is 0.887. The molecular formula is C15H24N2O. The number of aryl methyl sites for hydroxylation is 1. The van der Waals surface area contributed by atoms with Gasteiger partial charge in [0.2, 0.25) is 0 Å². The van der Waals surface area contributed by atoms with E-state index in [-0.39, 0.29) is 6.04 Å². The van der Waals surface area contributed by atoms with E-state index in [2.05, 4.69) is 44.0 Å². The monoisotopic (exact) mass is 248 g/mol. The molecule has 0 radical (unpaired) electrons. The van der Waals surface area contributed by atoms with E-state index in [1.807, 2.05) is 0 Å². The molecule has 1 fully saturated rings. The first-order chi connectivity index (χ1) is 8.58. The summed E-state index contributed by atoms with van der Waals surface area (Å²) in [5, 5.41) is 0. The molecule has 18 heavy (non-hydrogen) atoms. The van der Waals surface area contributed by atoms with Crippen molar-refractivity contribution < 1.29 is 4.74 Å². The van der Waals surface area contributed by atoms with E-state index in [1.54, 1.807) is 0 Å². The highest BCUT2D eigenvalue weighted by Crippen LogP contribution is 2.26. The maximum absolute atomic E-state index is 5.95. The zero-order valence-corrected chi connectivity index (χ0v) is 11.6. The Hall–Kier alpha value is -1.06. The van der Waals surface area contributed by atoms with Gasteiger partial charge in [-0.3, -0.25) is 0 Å². The van der Waals surface area contributed by atoms with Gasteiger partial charge in [0.15, 0.2) is 0 Å². The lowest BCUT2D eigenvalue weighted by Crippen LogP contribution is -2.33. The van der Waals surface area contributed by atoms with Crippen LogP contribution < -0.4 is 10.6 Å². The fourth-order valence-electron chi connectivity index (χ4n) is 2.59. The number of likely N-dealkylation sites (N-methyl/N-ethyl adjacent to an activating group) is 1. The molecule has 2 atom stereocenters. The first kappa shape index (κ1) is 13.4. The summed E-state index contributed by atoms with van der Waals surface area (Å²) in [6.07, 6.45) is 2.04. The molecule has 2 N–H and O–H groups in total. The summed E-state index contributed by atoms with van der Waals surface area (Å²) in [5.41, 5.74) is 9.90. The number of hydrogen-bond acceptors (Lipinski definition) is 3. The van der Waals surface area contributed by atoms with Gasteiger partial charge in [0.25, 0.3) is 0 Å². The van der Waals surface area contributed by atoms with E-state index >= 15 is 0 Å². The normalized spacial score (nSPS) is 21.0. The van der Waals surface area contributed by atoms with Crippen LogP contribution in [0.3, 0.4) is 0 Å². The van der Waals surface area contributed by atoms with Gasteiger partial charge < -0.3 is 15.4 Å². The summed E-state index contributed by atoms with van der Waals surface area (Å²) in [7, 11) is 2.16. The second kappa shape index (κ2) is 5.72. The summed E-state index contributed by atoms with van der Waals surface area (Å²) in [4.78, 5) is 2.35. The number of anilines is 1. The Morgan fingerprint density at radius 1 is 1.50 bits per heavy atom. The minimum absolute atomic E-state index is 0.193. The van der Waals surface area contributed by atoms with Crippen molar-refractivity contribution >= 4 is 5.69 Å². The minimum atomic E-state index is 0.193. The summed E-state index contributed by atoms with van der Waals surface area (Å²) < 4.78 is 5.48. The van der Waals surface area contributed by atoms with Gasteiger partial charge in [0.05, 0.1) is 12.6 Å². The largest absolute Gasteiger partial charge is 0.379 e. The molecule has 0 aromatic heterocycles. The van der Waals surface area contributed by atoms with Gasteiger partial charge >= 0.3 is 0 Å². The summed E-state index contributed by atoms with van der Waals surface area (Å²) in [5.74, 6) is 0. The van der Waals surface area contributed by atoms with Crippen LogP contribution in [-0.4, -0.2) is 32.3 Å². The third kappa shape index (κ3) is 3.03. The van der Waals surface area contributed by atoms with Crippen molar-refractivity contribution in [3.05, 3.63) is 29.3 Å². The third-order valence-electron chi connectivity index (χ3n) is 3.61. The van der Waals surface area contributed by atoms with Gasteiger partial charge in [0.1, 0.15) is 0 Å². The lowest BCUT2D eigenvalue weighted by atomic mass is 10.0. The van der Waals surface area contributed by atoms with Gasteiger partial charge in [0, 0.05) is 25.4 Å². The van der Waals surface area contributed by atoms with E-state index in [1.165, 1.54) is 16.8 Å². The third-order valence-corrected chi connectivity index (χ3v) is 3.61. The van der Waals surface area contributed by atoms with Crippen LogP contribution in [0.5, 0.6) is 0 Å². The van der Waals surface area contributed by atoms with E-state index < -0.39 is 0 Å². The molecule has 0 bridgehead atoms. The highest BCUT2D eigenvalue weighted by molar-refractivity contribution is 5.55. The maximum atomic E-state index is 5.95. The van der Waals surface area contributed by atoms with Crippen molar-refractivity contribution in [3.63, 3.8) is 0 Å². The van der Waals surface area contributed by atoms with Crippen LogP contribution in [0.1, 0.15) is 24.5 Å². The molecule has 0 aliphatic carbocycles. The maximum Gasteiger partial charge on any atom is 0.0670 e. The van der Waals surface area contributed by atoms with Gasteiger partial charge in [-0.25, -0.2) is 0 Å². The van der Waals surface area contributed by atoms with Crippen molar-refractivity contribution in [1.29, 1.82) is 0 Å². The molecule has 3 nitrogen and oxygen atoms in total. The number of nitrogens with zero attached hydrogens (tertiary/aromatic N) is 1. The Labute approximate surface area is 110 Å². The van der Waals surface area contributed by atoms with Gasteiger partial charge in [-0.2, -0.15) is 0 Å². The fraction of sp³-hybridized carbons (Fsp3) is 0.600. The average molecular weight is 248 g/mol. The van der Waals surface area contributed by atoms with Crippen molar-refractivity contribution in [3.8, 4) is 0 Å². The second-order valence-corrected chi connectivity index (χ2v) is 5.44. The Morgan fingerprint density at radius 3 is 2.89 bits per heavy atom. The van der Waals surface area contributed by atoms with Crippen molar-refractivity contribution in [2.24, 2.45) is 5.73 Å². The van der Waals surface area contributed by atoms with Crippen LogP contribution >= 0.6 is 0 Å². The molecule has 1 aliphatic heterocycles. The molecule has 0 amide bonds. The number of ether oxygens (including phenoxy) is 1. The first-order valence-electron chi connectivity index (χ1n) is 6.73. The van der Waals surface area contributed by atoms with Crippen molar-refractivity contribution in [2.75, 3.05) is 25.2 Å². The van der Waals surface area contributed by atoms with E-state index in [0.717, 1.165) is 26.1 Å². The topological polar surface area (TPSA) is 38.5 Å². The smallest absolute Gasteiger partial charge is 0.0670 e. The minimum Gasteiger partial charge on any atom is -0.379 e. The summed E-state index contributed by atoms with van der Waals surface area (Å²) in [6, 6.07) is 7.33. The van der Waals surface area contributed by atoms with Crippen LogP contribution in [0, 0.1) is 6.92 Å². The highest BCUT2D eigenvalue weighted by Gasteiger charge is 2.22. The SMILES string of the molecule is Cc1ccc(N(C)C2CCOC2)c(CC(C)N)c1. The predicted octanol–water partition coefficient (Wildman–Crippen LogP) is 2.11. The standard InChI is InChI=1S/C15H24N2O/c1-11-4-5-15(13(8-11)9-12(2)16)17(3)14-6-7-18-10-14/h4-5,8,12,14H,6-7,9-10,16H2,1-3H3. The van der Waals surface area contributed by atoms with E-state index in [4.69, 9.17) is 10.5 Å². The van der Waals surface area contributed by atoms with Gasteiger partial charge in [-0.1, -0.05) is 17.7 Å². The molecule has 1 aromatic rings. The Kier molecular flexibility index (Phi) is 4.25. The highest BCUT2D eigenvalue weighted by atomic mass is 16.5. The van der Waals surface area contributed by atoms with Crippen LogP contribution in [0.25, 0.3) is 0 Å². The van der Waals surface area contributed by atoms with Gasteiger partial charge in [-0.15, -0.1) is 0 Å². The molecule has 2 rings (SSSR count). The number of hydrogen-bond donors (Lipinski definition) is 1. The van der Waals surface area contributed by atoms with E-state index in [0.29, 0.717) is 6.04 Å². The molecular weight excluding hydrogens is 224 g/mol. The zero-order valence-electron chi connectivity index (χ0n) is 11.6. The fourth-order valence-corrected chi connectivity index (χ4v) is 2.59. The van der Waals surface area contributed by atoms with Crippen LogP contribution in [-0.2, 0) is 11.2 Å². The Bertz CT molecular complexity index is 397. The second-order valence-electron chi connectivity index (χ2n) is 5.44. The Balaban J connectivity index is 2.24. The molecule has 1 saturated heterocycles. The zero-order chi connectivity index (χ0) is 13.1. The number of rotatable bonds is 4. The lowest BCUT2D eigenvalue weighted by molar-refractivity contribution is 0.193. The van der Waals surface area contributed by atoms with Crippen LogP contribution in [0.4, 0.5) is 5.69 Å². The molecule has 100 valence electrons. The average Bonchev–Trinajstić information content (AvgIpc) is 2.81. The molecule has 1 aromatic carbocycles. The first-order valence-corrected chi connectivity index (χ1v) is 6.73. The summed E-state index contributed by atoms with van der Waals surface area (Å²) >= 11 is 0. The predicted molar refractivity (Wildman–Crippen MR) is 76.2 cm³/mol. The van der Waals surface area contributed by atoms with Crippen molar-refractivity contribution in [1.82, 2.24) is 0 Å². The summed E-state index contributed by atoms with van der Waals surface area (Å²) in [6.45, 7) is 5.91. The molecule has 1 heterocycles. The molecule has 2 unspecified atom stereocenters. The number of nitrogens with two attached hydrogens (primary N) is 1. The lowest BCUT2D eigenvalue weighted by Gasteiger charge is -2.28. The molecule has 3 heteroatoms. The van der Waals surface area contributed by atoms with E-state index in [9.17, 15) is 0 Å². The molecule has 1 aliphatic rings. The van der Waals surface area contributed by atoms with Crippen LogP contribution in [0.2, 0.25) is 0 Å². The molecule has 0 saturated carbocycles. The Morgan fingerprint density at radius 2 is 2.28 bits per heavy atom. The van der Waals surface area contributed by atoms with Crippen LogP contribution in [0.15, 0.2) is 18.2 Å².